The number of ether oxygens (including phenoxy) is 1. The SMILES string of the molecule is C#CC1(OC[C@@H](O)CN2CCN(c3ccccc3F)CC2)CCCCC1. The Morgan fingerprint density at radius 2 is 1.85 bits per heavy atom. The van der Waals surface area contributed by atoms with Gasteiger partial charge < -0.3 is 14.7 Å². The van der Waals surface area contributed by atoms with Crippen LogP contribution in [0, 0.1) is 18.2 Å². The molecule has 2 aliphatic rings. The minimum Gasteiger partial charge on any atom is -0.389 e. The predicted molar refractivity (Wildman–Crippen MR) is 102 cm³/mol. The van der Waals surface area contributed by atoms with E-state index in [0.29, 0.717) is 12.2 Å². The first-order chi connectivity index (χ1) is 12.6. The van der Waals surface area contributed by atoms with Crippen LogP contribution in [-0.2, 0) is 4.74 Å². The zero-order chi connectivity index (χ0) is 18.4. The molecule has 26 heavy (non-hydrogen) atoms. The normalized spacial score (nSPS) is 22.0. The Morgan fingerprint density at radius 1 is 1.15 bits per heavy atom. The third kappa shape index (κ3) is 4.76. The zero-order valence-corrected chi connectivity index (χ0v) is 15.4. The smallest absolute Gasteiger partial charge is 0.146 e. The van der Waals surface area contributed by atoms with E-state index in [-0.39, 0.29) is 12.4 Å². The molecule has 3 rings (SSSR count). The van der Waals surface area contributed by atoms with Gasteiger partial charge in [0, 0.05) is 32.7 Å². The fourth-order valence-electron chi connectivity index (χ4n) is 3.94. The maximum Gasteiger partial charge on any atom is 0.146 e. The lowest BCUT2D eigenvalue weighted by molar-refractivity contribution is -0.0698. The molecular formula is C21H29FN2O2. The summed E-state index contributed by atoms with van der Waals surface area (Å²) in [4.78, 5) is 4.26. The van der Waals surface area contributed by atoms with Crippen molar-refractivity contribution >= 4 is 5.69 Å². The van der Waals surface area contributed by atoms with Crippen LogP contribution in [0.25, 0.3) is 0 Å². The van der Waals surface area contributed by atoms with Crippen LogP contribution in [0.5, 0.6) is 0 Å². The van der Waals surface area contributed by atoms with Crippen LogP contribution in [-0.4, -0.2) is 61.0 Å². The average molecular weight is 360 g/mol. The summed E-state index contributed by atoms with van der Waals surface area (Å²) in [5.74, 6) is 2.64. The van der Waals surface area contributed by atoms with E-state index in [2.05, 4.69) is 15.7 Å². The molecule has 1 saturated carbocycles. The van der Waals surface area contributed by atoms with E-state index in [4.69, 9.17) is 11.2 Å². The molecule has 1 N–H and O–H groups in total. The lowest BCUT2D eigenvalue weighted by atomic mass is 9.85. The molecule has 0 amide bonds. The van der Waals surface area contributed by atoms with E-state index in [1.54, 1.807) is 6.07 Å². The molecule has 1 heterocycles. The van der Waals surface area contributed by atoms with Crippen molar-refractivity contribution in [2.75, 3.05) is 44.2 Å². The predicted octanol–water partition coefficient (Wildman–Crippen LogP) is 2.66. The molecule has 0 spiro atoms. The largest absolute Gasteiger partial charge is 0.389 e. The number of hydrogen-bond acceptors (Lipinski definition) is 4. The number of aliphatic hydroxyl groups is 1. The monoisotopic (exact) mass is 360 g/mol. The highest BCUT2D eigenvalue weighted by atomic mass is 19.1. The number of terminal acetylenes is 1. The van der Waals surface area contributed by atoms with Crippen molar-refractivity contribution in [3.63, 3.8) is 0 Å². The van der Waals surface area contributed by atoms with E-state index >= 15 is 0 Å². The number of para-hydroxylation sites is 1. The van der Waals surface area contributed by atoms with Crippen LogP contribution in [0.4, 0.5) is 10.1 Å². The summed E-state index contributed by atoms with van der Waals surface area (Å²) in [6.45, 7) is 3.94. The van der Waals surface area contributed by atoms with Crippen LogP contribution in [0.3, 0.4) is 0 Å². The number of halogens is 1. The fraction of sp³-hybridized carbons (Fsp3) is 0.619. The summed E-state index contributed by atoms with van der Waals surface area (Å²) in [5, 5.41) is 10.4. The number of piperazine rings is 1. The van der Waals surface area contributed by atoms with Crippen LogP contribution in [0.1, 0.15) is 32.1 Å². The quantitative estimate of drug-likeness (QED) is 0.792. The molecule has 1 saturated heterocycles. The summed E-state index contributed by atoms with van der Waals surface area (Å²) in [6.07, 6.45) is 10.3. The number of benzene rings is 1. The minimum absolute atomic E-state index is 0.179. The second kappa shape index (κ2) is 8.85. The van der Waals surface area contributed by atoms with Crippen molar-refractivity contribution in [3.05, 3.63) is 30.1 Å². The van der Waals surface area contributed by atoms with E-state index in [1.807, 2.05) is 12.1 Å². The summed E-state index contributed by atoms with van der Waals surface area (Å²) < 4.78 is 19.9. The topological polar surface area (TPSA) is 35.9 Å². The molecule has 0 aromatic heterocycles. The maximum atomic E-state index is 13.9. The summed E-state index contributed by atoms with van der Waals surface area (Å²) in [6, 6.07) is 6.88. The standard InChI is InChI=1S/C21H29FN2O2/c1-2-21(10-6-3-7-11-21)26-17-18(25)16-23-12-14-24(15-13-23)20-9-5-4-8-19(20)22/h1,4-5,8-9,18,25H,3,6-7,10-17H2/t18-/m0/s1. The van der Waals surface area contributed by atoms with Gasteiger partial charge in [-0.15, -0.1) is 6.42 Å². The number of aliphatic hydroxyl groups excluding tert-OH is 1. The highest BCUT2D eigenvalue weighted by Gasteiger charge is 2.31. The van der Waals surface area contributed by atoms with Gasteiger partial charge in [0.15, 0.2) is 0 Å². The Morgan fingerprint density at radius 3 is 2.50 bits per heavy atom. The Balaban J connectivity index is 1.43. The van der Waals surface area contributed by atoms with E-state index in [9.17, 15) is 9.50 Å². The number of β-amino-alcohol motifs (C(OH)–C–C–N with tert-alkyl or cyclic N) is 1. The Bertz CT molecular complexity index is 617. The third-order valence-electron chi connectivity index (χ3n) is 5.51. The van der Waals surface area contributed by atoms with Crippen molar-refractivity contribution in [3.8, 4) is 12.3 Å². The van der Waals surface area contributed by atoms with Gasteiger partial charge in [-0.3, -0.25) is 4.90 Å². The average Bonchev–Trinajstić information content (AvgIpc) is 2.68. The molecule has 1 aliphatic carbocycles. The molecule has 0 radical (unpaired) electrons. The van der Waals surface area contributed by atoms with Gasteiger partial charge in [-0.05, 0) is 37.8 Å². The number of rotatable bonds is 6. The van der Waals surface area contributed by atoms with Gasteiger partial charge in [-0.2, -0.15) is 0 Å². The Labute approximate surface area is 155 Å². The molecular weight excluding hydrogens is 331 g/mol. The highest BCUT2D eigenvalue weighted by Crippen LogP contribution is 2.31. The Kier molecular flexibility index (Phi) is 6.53. The first kappa shape index (κ1) is 19.2. The van der Waals surface area contributed by atoms with Gasteiger partial charge in [0.25, 0.3) is 0 Å². The number of nitrogens with zero attached hydrogens (tertiary/aromatic N) is 2. The maximum absolute atomic E-state index is 13.9. The first-order valence-electron chi connectivity index (χ1n) is 9.63. The first-order valence-corrected chi connectivity index (χ1v) is 9.63. The molecule has 0 bridgehead atoms. The molecule has 1 aromatic rings. The van der Waals surface area contributed by atoms with Gasteiger partial charge in [-0.1, -0.05) is 24.5 Å². The van der Waals surface area contributed by atoms with Crippen molar-refractivity contribution < 1.29 is 14.2 Å². The van der Waals surface area contributed by atoms with Gasteiger partial charge >= 0.3 is 0 Å². The molecule has 1 atom stereocenters. The molecule has 1 aliphatic heterocycles. The molecule has 1 aromatic carbocycles. The van der Waals surface area contributed by atoms with Crippen LogP contribution in [0.2, 0.25) is 0 Å². The molecule has 4 nitrogen and oxygen atoms in total. The molecule has 142 valence electrons. The summed E-state index contributed by atoms with van der Waals surface area (Å²) in [7, 11) is 0. The van der Waals surface area contributed by atoms with Crippen molar-refractivity contribution in [1.82, 2.24) is 4.90 Å². The number of hydrogen-bond donors (Lipinski definition) is 1. The minimum atomic E-state index is -0.554. The van der Waals surface area contributed by atoms with Crippen LogP contribution >= 0.6 is 0 Å². The van der Waals surface area contributed by atoms with Gasteiger partial charge in [0.2, 0.25) is 0 Å². The van der Waals surface area contributed by atoms with Crippen LogP contribution < -0.4 is 4.90 Å². The van der Waals surface area contributed by atoms with Crippen LogP contribution in [0.15, 0.2) is 24.3 Å². The molecule has 0 unspecified atom stereocenters. The van der Waals surface area contributed by atoms with E-state index in [1.165, 1.54) is 12.5 Å². The van der Waals surface area contributed by atoms with Crippen molar-refractivity contribution in [1.29, 1.82) is 0 Å². The second-order valence-electron chi connectivity index (χ2n) is 7.40. The van der Waals surface area contributed by atoms with Gasteiger partial charge in [-0.25, -0.2) is 4.39 Å². The van der Waals surface area contributed by atoms with Crippen molar-refractivity contribution in [2.24, 2.45) is 0 Å². The third-order valence-corrected chi connectivity index (χ3v) is 5.51. The lowest BCUT2D eigenvalue weighted by Gasteiger charge is -2.37. The highest BCUT2D eigenvalue weighted by molar-refractivity contribution is 5.47. The second-order valence-corrected chi connectivity index (χ2v) is 7.40. The van der Waals surface area contributed by atoms with Crippen molar-refractivity contribution in [2.45, 2.75) is 43.8 Å². The molecule has 5 heteroatoms. The van der Waals surface area contributed by atoms with E-state index < -0.39 is 11.7 Å². The number of anilines is 1. The lowest BCUT2D eigenvalue weighted by Crippen LogP contribution is -2.49. The zero-order valence-electron chi connectivity index (χ0n) is 15.4. The fourth-order valence-corrected chi connectivity index (χ4v) is 3.94. The molecule has 2 fully saturated rings. The summed E-state index contributed by atoms with van der Waals surface area (Å²) >= 11 is 0. The summed E-state index contributed by atoms with van der Waals surface area (Å²) in [5.41, 5.74) is 0.173. The van der Waals surface area contributed by atoms with Gasteiger partial charge in [0.1, 0.15) is 11.4 Å². The Hall–Kier alpha value is -1.61. The van der Waals surface area contributed by atoms with Gasteiger partial charge in [0.05, 0.1) is 18.4 Å². The van der Waals surface area contributed by atoms with E-state index in [0.717, 1.165) is 51.9 Å².